The molecule has 0 radical (unpaired) electrons. The van der Waals surface area contributed by atoms with Gasteiger partial charge in [-0.2, -0.15) is 17.4 Å². The Kier molecular flexibility index (Phi) is 4.59. The van der Waals surface area contributed by atoms with Crippen molar-refractivity contribution in [3.63, 3.8) is 0 Å². The molecule has 0 aromatic carbocycles. The predicted octanol–water partition coefficient (Wildman–Crippen LogP) is 0.0741. The maximum Gasteiger partial charge on any atom is 0.279 e. The summed E-state index contributed by atoms with van der Waals surface area (Å²) in [6.45, 7) is 3.37. The Morgan fingerprint density at radius 2 is 2.00 bits per heavy atom. The van der Waals surface area contributed by atoms with Crippen LogP contribution in [0.3, 0.4) is 0 Å². The average molecular weight is 270 g/mol. The zero-order valence-corrected chi connectivity index (χ0v) is 11.1. The van der Waals surface area contributed by atoms with Gasteiger partial charge >= 0.3 is 0 Å². The smallest absolute Gasteiger partial charge is 0.279 e. The summed E-state index contributed by atoms with van der Waals surface area (Å²) in [6.07, 6.45) is 2.50. The van der Waals surface area contributed by atoms with Gasteiger partial charge in [0.05, 0.1) is 0 Å². The lowest BCUT2D eigenvalue weighted by Gasteiger charge is -2.33. The molecule has 1 aliphatic heterocycles. The van der Waals surface area contributed by atoms with Crippen molar-refractivity contribution < 1.29 is 8.42 Å². The molecule has 96 valence electrons. The van der Waals surface area contributed by atoms with E-state index in [0.717, 1.165) is 19.3 Å². The van der Waals surface area contributed by atoms with Crippen LogP contribution in [-0.2, 0) is 10.2 Å². The Balaban J connectivity index is 0.00000128. The normalized spacial score (nSPS) is 35.5. The van der Waals surface area contributed by atoms with E-state index in [4.69, 9.17) is 5.73 Å². The highest BCUT2D eigenvalue weighted by molar-refractivity contribution is 7.87. The van der Waals surface area contributed by atoms with E-state index in [1.807, 2.05) is 0 Å². The fraction of sp³-hybridized carbons (Fsp3) is 1.00. The monoisotopic (exact) mass is 269 g/mol. The molecular weight excluding hydrogens is 250 g/mol. The third-order valence-corrected chi connectivity index (χ3v) is 4.86. The zero-order chi connectivity index (χ0) is 11.1. The van der Waals surface area contributed by atoms with E-state index in [1.165, 1.54) is 0 Å². The predicted molar refractivity (Wildman–Crippen MR) is 65.7 cm³/mol. The Bertz CT molecular complexity index is 330. The van der Waals surface area contributed by atoms with Gasteiger partial charge in [0, 0.05) is 25.2 Å². The molecule has 1 atom stereocenters. The first-order valence-electron chi connectivity index (χ1n) is 5.50. The molecule has 1 unspecified atom stereocenters. The minimum Gasteiger partial charge on any atom is -0.328 e. The summed E-state index contributed by atoms with van der Waals surface area (Å²) in [5.41, 5.74) is 5.61. The Labute approximate surface area is 103 Å². The number of nitrogens with two attached hydrogens (primary N) is 1. The SMILES string of the molecule is CC1CCN(S(=O)(=O)NC2CC(N)C2)C1.Cl. The lowest BCUT2D eigenvalue weighted by molar-refractivity contribution is 0.318. The molecule has 0 bridgehead atoms. The van der Waals surface area contributed by atoms with Gasteiger partial charge in [-0.3, -0.25) is 0 Å². The molecule has 2 fully saturated rings. The number of nitrogens with one attached hydrogen (secondary N) is 1. The van der Waals surface area contributed by atoms with Gasteiger partial charge in [0.2, 0.25) is 0 Å². The topological polar surface area (TPSA) is 75.4 Å². The number of hydrogen-bond acceptors (Lipinski definition) is 3. The van der Waals surface area contributed by atoms with Gasteiger partial charge in [0.1, 0.15) is 0 Å². The fourth-order valence-electron chi connectivity index (χ4n) is 2.16. The van der Waals surface area contributed by atoms with Gasteiger partial charge in [0.15, 0.2) is 0 Å². The first kappa shape index (κ1) is 14.2. The molecule has 2 aliphatic rings. The van der Waals surface area contributed by atoms with Crippen molar-refractivity contribution in [2.45, 2.75) is 38.3 Å². The van der Waals surface area contributed by atoms with Gasteiger partial charge in [-0.1, -0.05) is 6.92 Å². The zero-order valence-electron chi connectivity index (χ0n) is 9.43. The molecule has 0 aromatic rings. The van der Waals surface area contributed by atoms with Crippen LogP contribution in [0.5, 0.6) is 0 Å². The highest BCUT2D eigenvalue weighted by Crippen LogP contribution is 2.22. The van der Waals surface area contributed by atoms with E-state index in [9.17, 15) is 8.42 Å². The summed E-state index contributed by atoms with van der Waals surface area (Å²) >= 11 is 0. The Hall–Kier alpha value is 0.120. The molecule has 5 nitrogen and oxygen atoms in total. The molecule has 1 saturated heterocycles. The summed E-state index contributed by atoms with van der Waals surface area (Å²) in [6, 6.07) is 0.233. The maximum absolute atomic E-state index is 11.9. The van der Waals surface area contributed by atoms with Crippen LogP contribution < -0.4 is 10.5 Å². The van der Waals surface area contributed by atoms with Crippen molar-refractivity contribution in [2.24, 2.45) is 11.7 Å². The minimum atomic E-state index is -3.25. The summed E-state index contributed by atoms with van der Waals surface area (Å²) in [7, 11) is -3.25. The maximum atomic E-state index is 11.9. The first-order valence-corrected chi connectivity index (χ1v) is 6.94. The van der Waals surface area contributed by atoms with E-state index in [1.54, 1.807) is 4.31 Å². The quantitative estimate of drug-likeness (QED) is 0.762. The molecule has 2 rings (SSSR count). The number of rotatable bonds is 3. The molecule has 3 N–H and O–H groups in total. The van der Waals surface area contributed by atoms with Crippen molar-refractivity contribution in [2.75, 3.05) is 13.1 Å². The van der Waals surface area contributed by atoms with Crippen LogP contribution in [0.25, 0.3) is 0 Å². The van der Waals surface area contributed by atoms with E-state index in [-0.39, 0.29) is 24.5 Å². The van der Waals surface area contributed by atoms with Crippen LogP contribution in [0.15, 0.2) is 0 Å². The molecule has 1 heterocycles. The lowest BCUT2D eigenvalue weighted by atomic mass is 9.89. The summed E-state index contributed by atoms with van der Waals surface area (Å²) in [5, 5.41) is 0. The summed E-state index contributed by atoms with van der Waals surface area (Å²) < 4.78 is 28.0. The van der Waals surface area contributed by atoms with Crippen LogP contribution in [0.2, 0.25) is 0 Å². The van der Waals surface area contributed by atoms with Gasteiger partial charge in [-0.15, -0.1) is 12.4 Å². The average Bonchev–Trinajstić information content (AvgIpc) is 2.49. The van der Waals surface area contributed by atoms with Gasteiger partial charge in [-0.25, -0.2) is 0 Å². The second kappa shape index (κ2) is 5.18. The van der Waals surface area contributed by atoms with Crippen molar-refractivity contribution in [1.82, 2.24) is 9.03 Å². The number of nitrogens with zero attached hydrogens (tertiary/aromatic N) is 1. The van der Waals surface area contributed by atoms with Crippen molar-refractivity contribution in [1.29, 1.82) is 0 Å². The van der Waals surface area contributed by atoms with Crippen molar-refractivity contribution in [3.8, 4) is 0 Å². The third kappa shape index (κ3) is 3.07. The molecule has 1 saturated carbocycles. The Morgan fingerprint density at radius 3 is 2.44 bits per heavy atom. The first-order chi connectivity index (χ1) is 6.97. The molecule has 7 heteroatoms. The molecule has 0 aromatic heterocycles. The van der Waals surface area contributed by atoms with Crippen molar-refractivity contribution >= 4 is 22.6 Å². The van der Waals surface area contributed by atoms with Crippen LogP contribution in [0, 0.1) is 5.92 Å². The highest BCUT2D eigenvalue weighted by Gasteiger charge is 2.34. The molecule has 1 aliphatic carbocycles. The lowest BCUT2D eigenvalue weighted by Crippen LogP contribution is -2.53. The van der Waals surface area contributed by atoms with E-state index in [0.29, 0.717) is 19.0 Å². The van der Waals surface area contributed by atoms with E-state index < -0.39 is 10.2 Å². The highest BCUT2D eigenvalue weighted by atomic mass is 35.5. The minimum absolute atomic E-state index is 0. The standard InChI is InChI=1S/C9H19N3O2S.ClH/c1-7-2-3-12(6-7)15(13,14)11-9-4-8(10)5-9;/h7-9,11H,2-6,10H2,1H3;1H. The van der Waals surface area contributed by atoms with Crippen LogP contribution >= 0.6 is 12.4 Å². The summed E-state index contributed by atoms with van der Waals surface area (Å²) in [5.74, 6) is 0.477. The Morgan fingerprint density at radius 1 is 1.38 bits per heavy atom. The van der Waals surface area contributed by atoms with Crippen LogP contribution in [0.4, 0.5) is 0 Å². The second-order valence-electron chi connectivity index (χ2n) is 4.80. The van der Waals surface area contributed by atoms with Crippen LogP contribution in [-0.4, -0.2) is 37.9 Å². The molecular formula is C9H20ClN3O2S. The van der Waals surface area contributed by atoms with Gasteiger partial charge in [-0.05, 0) is 25.2 Å². The largest absolute Gasteiger partial charge is 0.328 e. The number of halogens is 1. The summed E-state index contributed by atoms with van der Waals surface area (Å²) in [4.78, 5) is 0. The van der Waals surface area contributed by atoms with Crippen LogP contribution in [0.1, 0.15) is 26.2 Å². The third-order valence-electron chi connectivity index (χ3n) is 3.22. The molecule has 0 amide bonds. The molecule has 0 spiro atoms. The van der Waals surface area contributed by atoms with E-state index >= 15 is 0 Å². The van der Waals surface area contributed by atoms with Crippen molar-refractivity contribution in [3.05, 3.63) is 0 Å². The number of hydrogen-bond donors (Lipinski definition) is 2. The van der Waals surface area contributed by atoms with Gasteiger partial charge in [0.25, 0.3) is 10.2 Å². The second-order valence-corrected chi connectivity index (χ2v) is 6.51. The fourth-order valence-corrected chi connectivity index (χ4v) is 3.72. The van der Waals surface area contributed by atoms with E-state index in [2.05, 4.69) is 11.6 Å². The van der Waals surface area contributed by atoms with Gasteiger partial charge < -0.3 is 5.73 Å². The molecule has 16 heavy (non-hydrogen) atoms.